The number of rotatable bonds is 6. The van der Waals surface area contributed by atoms with E-state index in [1.165, 1.54) is 0 Å². The second-order valence-electron chi connectivity index (χ2n) is 7.22. The maximum absolute atomic E-state index is 12.2. The maximum atomic E-state index is 12.2. The van der Waals surface area contributed by atoms with Gasteiger partial charge >= 0.3 is 0 Å². The Balaban J connectivity index is 1.57. The molecule has 0 fully saturated rings. The Bertz CT molecular complexity index is 1010. The lowest BCUT2D eigenvalue weighted by Gasteiger charge is -2.13. The predicted octanol–water partition coefficient (Wildman–Crippen LogP) is 4.78. The van der Waals surface area contributed by atoms with Crippen LogP contribution in [0.15, 0.2) is 42.5 Å². The first-order valence-electron chi connectivity index (χ1n) is 9.50. The van der Waals surface area contributed by atoms with Crippen molar-refractivity contribution >= 4 is 23.2 Å². The van der Waals surface area contributed by atoms with Crippen molar-refractivity contribution < 1.29 is 9.53 Å². The van der Waals surface area contributed by atoms with E-state index in [-0.39, 0.29) is 12.5 Å². The molecule has 0 bridgehead atoms. The van der Waals surface area contributed by atoms with Gasteiger partial charge in [-0.05, 0) is 87.7 Å². The molecule has 1 amide bonds. The molecule has 3 rings (SSSR count). The van der Waals surface area contributed by atoms with E-state index in [0.29, 0.717) is 11.6 Å². The highest BCUT2D eigenvalue weighted by Gasteiger charge is 2.08. The van der Waals surface area contributed by atoms with Crippen molar-refractivity contribution in [3.63, 3.8) is 0 Å². The topological polar surface area (TPSA) is 76.1 Å². The average Bonchev–Trinajstić information content (AvgIpc) is 2.64. The van der Waals surface area contributed by atoms with E-state index in [0.717, 1.165) is 39.5 Å². The predicted molar refractivity (Wildman–Crippen MR) is 116 cm³/mol. The van der Waals surface area contributed by atoms with E-state index >= 15 is 0 Å². The summed E-state index contributed by atoms with van der Waals surface area (Å²) in [6.45, 7) is 9.86. The molecular weight excluding hydrogens is 364 g/mol. The number of hydrogen-bond acceptors (Lipinski definition) is 5. The minimum atomic E-state index is -0.207. The van der Waals surface area contributed by atoms with Crippen LogP contribution in [0.3, 0.4) is 0 Å². The molecule has 29 heavy (non-hydrogen) atoms. The fourth-order valence-corrected chi connectivity index (χ4v) is 3.04. The third kappa shape index (κ3) is 5.54. The number of hydrogen-bond donors (Lipinski definition) is 2. The van der Waals surface area contributed by atoms with Crippen molar-refractivity contribution in [3.8, 4) is 5.75 Å². The number of nitrogens with one attached hydrogen (secondary N) is 2. The summed E-state index contributed by atoms with van der Waals surface area (Å²) in [4.78, 5) is 21.0. The van der Waals surface area contributed by atoms with Crippen molar-refractivity contribution in [2.75, 3.05) is 17.2 Å². The van der Waals surface area contributed by atoms with Crippen molar-refractivity contribution in [2.24, 2.45) is 0 Å². The van der Waals surface area contributed by atoms with Gasteiger partial charge in [0.25, 0.3) is 5.91 Å². The number of aryl methyl sites for hydroxylation is 4. The van der Waals surface area contributed by atoms with E-state index in [9.17, 15) is 4.79 Å². The summed E-state index contributed by atoms with van der Waals surface area (Å²) >= 11 is 0. The number of benzene rings is 2. The van der Waals surface area contributed by atoms with Crippen molar-refractivity contribution in [2.45, 2.75) is 34.6 Å². The second kappa shape index (κ2) is 8.73. The van der Waals surface area contributed by atoms with Crippen molar-refractivity contribution in [3.05, 3.63) is 70.5 Å². The van der Waals surface area contributed by atoms with Crippen LogP contribution in [0.1, 0.15) is 28.1 Å². The summed E-state index contributed by atoms with van der Waals surface area (Å²) in [5.74, 6) is 1.09. The SMILES string of the molecule is Cc1cc(C)c(C)c(OCC(=O)Nc2ccc(Nc3nc(C)cc(C)n3)cc2)c1. The van der Waals surface area contributed by atoms with Crippen molar-refractivity contribution in [1.29, 1.82) is 0 Å². The zero-order chi connectivity index (χ0) is 21.0. The largest absolute Gasteiger partial charge is 0.483 e. The summed E-state index contributed by atoms with van der Waals surface area (Å²) < 4.78 is 5.72. The Labute approximate surface area is 171 Å². The fraction of sp³-hybridized carbons (Fsp3) is 0.261. The van der Waals surface area contributed by atoms with Gasteiger partial charge in [-0.3, -0.25) is 4.79 Å². The summed E-state index contributed by atoms with van der Waals surface area (Å²) in [5, 5.41) is 6.02. The van der Waals surface area contributed by atoms with Crippen LogP contribution in [0, 0.1) is 34.6 Å². The molecule has 6 nitrogen and oxygen atoms in total. The summed E-state index contributed by atoms with van der Waals surface area (Å²) in [6.07, 6.45) is 0. The van der Waals surface area contributed by atoms with Crippen LogP contribution in [0.2, 0.25) is 0 Å². The van der Waals surface area contributed by atoms with Crippen LogP contribution in [0.4, 0.5) is 17.3 Å². The van der Waals surface area contributed by atoms with Gasteiger partial charge in [-0.2, -0.15) is 0 Å². The van der Waals surface area contributed by atoms with Gasteiger partial charge in [-0.25, -0.2) is 9.97 Å². The number of carbonyl (C=O) groups is 1. The quantitative estimate of drug-likeness (QED) is 0.633. The monoisotopic (exact) mass is 390 g/mol. The highest BCUT2D eigenvalue weighted by atomic mass is 16.5. The number of ether oxygens (including phenoxy) is 1. The zero-order valence-electron chi connectivity index (χ0n) is 17.5. The first-order chi connectivity index (χ1) is 13.8. The number of nitrogens with zero attached hydrogens (tertiary/aromatic N) is 2. The minimum Gasteiger partial charge on any atom is -0.483 e. The maximum Gasteiger partial charge on any atom is 0.262 e. The highest BCUT2D eigenvalue weighted by molar-refractivity contribution is 5.92. The van der Waals surface area contributed by atoms with Crippen LogP contribution in [0.25, 0.3) is 0 Å². The van der Waals surface area contributed by atoms with Gasteiger partial charge in [0.15, 0.2) is 6.61 Å². The molecule has 150 valence electrons. The normalized spacial score (nSPS) is 10.5. The van der Waals surface area contributed by atoms with Crippen molar-refractivity contribution in [1.82, 2.24) is 9.97 Å². The lowest BCUT2D eigenvalue weighted by molar-refractivity contribution is -0.118. The van der Waals surface area contributed by atoms with E-state index in [4.69, 9.17) is 4.74 Å². The van der Waals surface area contributed by atoms with E-state index in [1.54, 1.807) is 0 Å². The lowest BCUT2D eigenvalue weighted by Crippen LogP contribution is -2.20. The Hall–Kier alpha value is -3.41. The lowest BCUT2D eigenvalue weighted by atomic mass is 10.1. The van der Waals surface area contributed by atoms with Gasteiger partial charge in [-0.15, -0.1) is 0 Å². The molecule has 0 saturated heterocycles. The highest BCUT2D eigenvalue weighted by Crippen LogP contribution is 2.23. The number of aromatic nitrogens is 2. The average molecular weight is 390 g/mol. The molecule has 0 spiro atoms. The minimum absolute atomic E-state index is 0.0415. The molecule has 1 aromatic heterocycles. The molecule has 2 N–H and O–H groups in total. The molecule has 3 aromatic rings. The molecule has 0 saturated carbocycles. The molecule has 0 aliphatic rings. The van der Waals surface area contributed by atoms with Gasteiger partial charge in [0.2, 0.25) is 5.95 Å². The summed E-state index contributed by atoms with van der Waals surface area (Å²) in [7, 11) is 0. The molecule has 0 radical (unpaired) electrons. The Morgan fingerprint density at radius 2 is 1.52 bits per heavy atom. The van der Waals surface area contributed by atoms with Gasteiger partial charge in [0.05, 0.1) is 0 Å². The molecular formula is C23H26N4O2. The first-order valence-corrected chi connectivity index (χ1v) is 9.50. The zero-order valence-corrected chi connectivity index (χ0v) is 17.5. The standard InChI is InChI=1S/C23H26N4O2/c1-14-10-15(2)18(5)21(11-14)29-13-22(28)26-19-6-8-20(9-7-19)27-23-24-16(3)12-17(4)25-23/h6-12H,13H2,1-5H3,(H,26,28)(H,24,25,27). The molecule has 2 aromatic carbocycles. The smallest absolute Gasteiger partial charge is 0.262 e. The molecule has 0 aliphatic carbocycles. The van der Waals surface area contributed by atoms with Crippen LogP contribution >= 0.6 is 0 Å². The summed E-state index contributed by atoms with van der Waals surface area (Å²) in [5.41, 5.74) is 6.66. The summed E-state index contributed by atoms with van der Waals surface area (Å²) in [6, 6.07) is 13.4. The van der Waals surface area contributed by atoms with Gasteiger partial charge in [-0.1, -0.05) is 6.07 Å². The molecule has 6 heteroatoms. The van der Waals surface area contributed by atoms with Crippen LogP contribution < -0.4 is 15.4 Å². The number of anilines is 3. The van der Waals surface area contributed by atoms with E-state index in [2.05, 4.69) is 26.7 Å². The van der Waals surface area contributed by atoms with Crippen LogP contribution in [-0.4, -0.2) is 22.5 Å². The second-order valence-corrected chi connectivity index (χ2v) is 7.22. The third-order valence-electron chi connectivity index (χ3n) is 4.53. The molecule has 0 unspecified atom stereocenters. The first kappa shape index (κ1) is 20.3. The van der Waals surface area contributed by atoms with Crippen LogP contribution in [-0.2, 0) is 4.79 Å². The van der Waals surface area contributed by atoms with Gasteiger partial charge in [0, 0.05) is 22.8 Å². The number of amides is 1. The van der Waals surface area contributed by atoms with Gasteiger partial charge in [0.1, 0.15) is 5.75 Å². The van der Waals surface area contributed by atoms with Gasteiger partial charge < -0.3 is 15.4 Å². The van der Waals surface area contributed by atoms with Crippen LogP contribution in [0.5, 0.6) is 5.75 Å². The molecule has 0 atom stereocenters. The molecule has 1 heterocycles. The Morgan fingerprint density at radius 1 is 0.897 bits per heavy atom. The van der Waals surface area contributed by atoms with E-state index < -0.39 is 0 Å². The molecule has 0 aliphatic heterocycles. The third-order valence-corrected chi connectivity index (χ3v) is 4.53. The Morgan fingerprint density at radius 3 is 2.17 bits per heavy atom. The fourth-order valence-electron chi connectivity index (χ4n) is 3.04. The van der Waals surface area contributed by atoms with E-state index in [1.807, 2.05) is 71.0 Å². The Kier molecular flexibility index (Phi) is 6.12. The number of carbonyl (C=O) groups excluding carboxylic acids is 1.